The summed E-state index contributed by atoms with van der Waals surface area (Å²) in [6, 6.07) is 11.2. The summed E-state index contributed by atoms with van der Waals surface area (Å²) in [5, 5.41) is 3.28. The first-order chi connectivity index (χ1) is 12.8. The van der Waals surface area contributed by atoms with E-state index in [0.717, 1.165) is 48.5 Å². The first-order valence-electron chi connectivity index (χ1n) is 9.24. The van der Waals surface area contributed by atoms with Crippen LogP contribution in [0.2, 0.25) is 0 Å². The van der Waals surface area contributed by atoms with Gasteiger partial charge in [0.05, 0.1) is 16.4 Å². The van der Waals surface area contributed by atoms with E-state index in [1.165, 1.54) is 16.7 Å². The largest absolute Gasteiger partial charge is 0.356 e. The summed E-state index contributed by atoms with van der Waals surface area (Å²) >= 11 is 1.68. The van der Waals surface area contributed by atoms with E-state index in [9.17, 15) is 0 Å². The number of benzene rings is 1. The molecule has 132 valence electrons. The van der Waals surface area contributed by atoms with E-state index in [1.807, 2.05) is 0 Å². The molecule has 0 aliphatic carbocycles. The van der Waals surface area contributed by atoms with Gasteiger partial charge in [-0.05, 0) is 36.4 Å². The molecule has 6 heteroatoms. The zero-order chi connectivity index (χ0) is 17.5. The monoisotopic (exact) mass is 363 g/mol. The zero-order valence-electron chi connectivity index (χ0n) is 14.8. The number of nitrogens with zero attached hydrogens (tertiary/aromatic N) is 5. The van der Waals surface area contributed by atoms with Gasteiger partial charge in [0.25, 0.3) is 0 Å². The second-order valence-electron chi connectivity index (χ2n) is 6.80. The molecular formula is C20H21N5S. The molecule has 1 aromatic carbocycles. The van der Waals surface area contributed by atoms with Crippen molar-refractivity contribution in [2.75, 3.05) is 18.0 Å². The van der Waals surface area contributed by atoms with E-state index in [4.69, 9.17) is 4.98 Å². The molecule has 0 radical (unpaired) electrons. The molecular weight excluding hydrogens is 342 g/mol. The first-order valence-corrected chi connectivity index (χ1v) is 10.1. The number of hydrogen-bond acceptors (Lipinski definition) is 5. The number of hydrogen-bond donors (Lipinski definition) is 0. The Morgan fingerprint density at radius 1 is 1.12 bits per heavy atom. The maximum Gasteiger partial charge on any atom is 0.140 e. The summed E-state index contributed by atoms with van der Waals surface area (Å²) in [5.41, 5.74) is 2.38. The fraction of sp³-hybridized carbons (Fsp3) is 0.350. The molecule has 0 atom stereocenters. The van der Waals surface area contributed by atoms with Crippen LogP contribution in [0.15, 0.2) is 42.0 Å². The highest BCUT2D eigenvalue weighted by Crippen LogP contribution is 2.33. The van der Waals surface area contributed by atoms with E-state index in [1.54, 1.807) is 17.7 Å². The lowest BCUT2D eigenvalue weighted by Crippen LogP contribution is -2.35. The molecule has 0 N–H and O–H groups in total. The minimum atomic E-state index is 0.508. The normalized spacial score (nSPS) is 16.0. The van der Waals surface area contributed by atoms with Crippen LogP contribution in [-0.4, -0.2) is 32.6 Å². The number of rotatable bonds is 3. The van der Waals surface area contributed by atoms with Gasteiger partial charge < -0.3 is 9.47 Å². The summed E-state index contributed by atoms with van der Waals surface area (Å²) < 4.78 is 2.48. The highest BCUT2D eigenvalue weighted by atomic mass is 32.1. The lowest BCUT2D eigenvalue weighted by molar-refractivity contribution is 0.394. The van der Waals surface area contributed by atoms with Gasteiger partial charge in [-0.1, -0.05) is 19.1 Å². The molecule has 1 aliphatic heterocycles. The van der Waals surface area contributed by atoms with E-state index < -0.39 is 0 Å². The molecule has 0 unspecified atom stereocenters. The van der Waals surface area contributed by atoms with Gasteiger partial charge in [0, 0.05) is 25.6 Å². The van der Waals surface area contributed by atoms with Crippen molar-refractivity contribution in [3.05, 3.63) is 47.9 Å². The van der Waals surface area contributed by atoms with Gasteiger partial charge in [-0.25, -0.2) is 15.0 Å². The van der Waals surface area contributed by atoms with Crippen molar-refractivity contribution in [2.24, 2.45) is 0 Å². The van der Waals surface area contributed by atoms with Crippen molar-refractivity contribution in [2.45, 2.75) is 32.2 Å². The molecule has 1 fully saturated rings. The van der Waals surface area contributed by atoms with Crippen LogP contribution in [0.4, 0.5) is 5.82 Å². The van der Waals surface area contributed by atoms with Gasteiger partial charge in [0.1, 0.15) is 22.8 Å². The van der Waals surface area contributed by atoms with Crippen LogP contribution in [0.25, 0.3) is 21.3 Å². The predicted molar refractivity (Wildman–Crippen MR) is 107 cm³/mol. The molecule has 1 saturated heterocycles. The molecule has 26 heavy (non-hydrogen) atoms. The van der Waals surface area contributed by atoms with Crippen molar-refractivity contribution in [1.82, 2.24) is 19.5 Å². The number of para-hydroxylation sites is 2. The van der Waals surface area contributed by atoms with Crippen LogP contribution in [-0.2, 0) is 6.42 Å². The number of aryl methyl sites for hydroxylation is 1. The highest BCUT2D eigenvalue weighted by Gasteiger charge is 2.25. The first kappa shape index (κ1) is 15.8. The van der Waals surface area contributed by atoms with Crippen LogP contribution in [0.5, 0.6) is 0 Å². The smallest absolute Gasteiger partial charge is 0.140 e. The van der Waals surface area contributed by atoms with Gasteiger partial charge in [0.2, 0.25) is 0 Å². The number of fused-ring (bicyclic) bond motifs is 2. The fourth-order valence-electron chi connectivity index (χ4n) is 4.12. The Hall–Kier alpha value is -2.47. The lowest BCUT2D eigenvalue weighted by Gasteiger charge is -2.34. The summed E-state index contributed by atoms with van der Waals surface area (Å²) in [4.78, 5) is 17.3. The highest BCUT2D eigenvalue weighted by molar-refractivity contribution is 7.16. The number of thiophene rings is 1. The average molecular weight is 363 g/mol. The predicted octanol–water partition coefficient (Wildman–Crippen LogP) is 4.44. The molecule has 0 amide bonds. The number of anilines is 1. The summed E-state index contributed by atoms with van der Waals surface area (Å²) in [6.07, 6.45) is 4.89. The molecule has 3 aromatic heterocycles. The quantitative estimate of drug-likeness (QED) is 0.540. The number of imidazole rings is 1. The van der Waals surface area contributed by atoms with Crippen molar-refractivity contribution >= 4 is 38.4 Å². The van der Waals surface area contributed by atoms with Gasteiger partial charge in [0.15, 0.2) is 0 Å². The Morgan fingerprint density at radius 3 is 2.81 bits per heavy atom. The second-order valence-corrected chi connectivity index (χ2v) is 7.69. The SMILES string of the molecule is CCc1nc2ccccc2n1C1CCN(c2ncnc3sccc23)CC1. The second kappa shape index (κ2) is 6.36. The molecule has 0 saturated carbocycles. The Balaban J connectivity index is 1.44. The molecule has 4 heterocycles. The fourth-order valence-corrected chi connectivity index (χ4v) is 4.84. The summed E-state index contributed by atoms with van der Waals surface area (Å²) in [5.74, 6) is 2.29. The van der Waals surface area contributed by atoms with Crippen molar-refractivity contribution in [3.63, 3.8) is 0 Å². The number of aromatic nitrogens is 4. The molecule has 5 rings (SSSR count). The van der Waals surface area contributed by atoms with E-state index in [2.05, 4.69) is 62.1 Å². The van der Waals surface area contributed by atoms with Crippen molar-refractivity contribution < 1.29 is 0 Å². The molecule has 0 bridgehead atoms. The molecule has 0 spiro atoms. The number of piperidine rings is 1. The third-order valence-corrected chi connectivity index (χ3v) is 6.18. The average Bonchev–Trinajstić information content (AvgIpc) is 3.32. The van der Waals surface area contributed by atoms with Gasteiger partial charge in [-0.2, -0.15) is 0 Å². The molecule has 5 nitrogen and oxygen atoms in total. The maximum atomic E-state index is 4.85. The van der Waals surface area contributed by atoms with Gasteiger partial charge in [-0.3, -0.25) is 0 Å². The van der Waals surface area contributed by atoms with Crippen molar-refractivity contribution in [1.29, 1.82) is 0 Å². The summed E-state index contributed by atoms with van der Waals surface area (Å²) in [6.45, 7) is 4.23. The minimum absolute atomic E-state index is 0.508. The van der Waals surface area contributed by atoms with Gasteiger partial charge in [-0.15, -0.1) is 11.3 Å². The summed E-state index contributed by atoms with van der Waals surface area (Å²) in [7, 11) is 0. The Labute approximate surface area is 156 Å². The Bertz CT molecular complexity index is 1060. The topological polar surface area (TPSA) is 46.8 Å². The van der Waals surface area contributed by atoms with E-state index >= 15 is 0 Å². The lowest BCUT2D eigenvalue weighted by atomic mass is 10.0. The van der Waals surface area contributed by atoms with Crippen LogP contribution in [0, 0.1) is 0 Å². The minimum Gasteiger partial charge on any atom is -0.356 e. The van der Waals surface area contributed by atoms with Crippen LogP contribution in [0.1, 0.15) is 31.6 Å². The Morgan fingerprint density at radius 2 is 1.96 bits per heavy atom. The van der Waals surface area contributed by atoms with Crippen molar-refractivity contribution in [3.8, 4) is 0 Å². The van der Waals surface area contributed by atoms with E-state index in [-0.39, 0.29) is 0 Å². The molecule has 1 aliphatic rings. The third kappa shape index (κ3) is 2.48. The zero-order valence-corrected chi connectivity index (χ0v) is 15.6. The maximum absolute atomic E-state index is 4.85. The molecule has 4 aromatic rings. The third-order valence-electron chi connectivity index (χ3n) is 5.35. The van der Waals surface area contributed by atoms with Crippen LogP contribution >= 0.6 is 11.3 Å². The van der Waals surface area contributed by atoms with Gasteiger partial charge >= 0.3 is 0 Å². The van der Waals surface area contributed by atoms with Crippen LogP contribution in [0.3, 0.4) is 0 Å². The van der Waals surface area contributed by atoms with Crippen LogP contribution < -0.4 is 4.90 Å². The Kier molecular flexibility index (Phi) is 3.85. The van der Waals surface area contributed by atoms with E-state index in [0.29, 0.717) is 6.04 Å². The standard InChI is InChI=1S/C20H21N5S/c1-2-18-23-16-5-3-4-6-17(16)25(18)14-7-10-24(11-8-14)19-15-9-12-26-20(15)22-13-21-19/h3-6,9,12-14H,2,7-8,10-11H2,1H3.